The number of nitrogens with zero attached hydrogens (tertiary/aromatic N) is 2. The van der Waals surface area contributed by atoms with Crippen molar-refractivity contribution in [3.63, 3.8) is 0 Å². The van der Waals surface area contributed by atoms with Gasteiger partial charge in [-0.2, -0.15) is 0 Å². The number of thiazole rings is 1. The Morgan fingerprint density at radius 2 is 1.36 bits per heavy atom. The van der Waals surface area contributed by atoms with Gasteiger partial charge in [-0.15, -0.1) is 0 Å². The molecule has 0 aliphatic carbocycles. The van der Waals surface area contributed by atoms with Crippen LogP contribution in [0.3, 0.4) is 0 Å². The smallest absolute Gasteiger partial charge is 0.545 e. The Kier molecular flexibility index (Phi) is 6.33. The number of anilines is 3. The topological polar surface area (TPSA) is 56.3 Å². The molecule has 4 rings (SSSR count). The van der Waals surface area contributed by atoms with Gasteiger partial charge in [0.05, 0.1) is 12.2 Å². The Labute approximate surface area is 179 Å². The van der Waals surface area contributed by atoms with Crippen LogP contribution < -0.4 is 28.9 Å². The zero-order valence-corrected chi connectivity index (χ0v) is 16.1. The molecular weight excluding hydrogens is 363 g/mol. The van der Waals surface area contributed by atoms with E-state index < -0.39 is 5.97 Å². The van der Waals surface area contributed by atoms with Gasteiger partial charge in [0.1, 0.15) is 10.0 Å². The summed E-state index contributed by atoms with van der Waals surface area (Å²) in [5, 5.41) is 12.7. The van der Waals surface area contributed by atoms with Crippen LogP contribution in [-0.4, -0.2) is 11.0 Å². The summed E-state index contributed by atoms with van der Waals surface area (Å²) in [5.74, 6) is -1.18. The summed E-state index contributed by atoms with van der Waals surface area (Å²) in [5.41, 5.74) is 3.13. The molecule has 0 saturated heterocycles. The molecule has 0 amide bonds. The number of hydrogen-bond donors (Lipinski definition) is 0. The summed E-state index contributed by atoms with van der Waals surface area (Å²) in [4.78, 5) is 17.6. The maximum absolute atomic E-state index is 10.9. The second-order valence-electron chi connectivity index (χ2n) is 5.87. The molecule has 0 aliphatic rings. The van der Waals surface area contributed by atoms with Gasteiger partial charge in [-0.05, 0) is 29.8 Å². The molecule has 3 aromatic carbocycles. The van der Waals surface area contributed by atoms with E-state index in [-0.39, 0.29) is 24.4 Å². The van der Waals surface area contributed by atoms with Crippen LogP contribution in [0.4, 0.5) is 16.4 Å². The summed E-state index contributed by atoms with van der Waals surface area (Å²) in [6.45, 7) is 0. The number of para-hydroxylation sites is 2. The molecule has 0 N–H and O–H groups in total. The van der Waals surface area contributed by atoms with E-state index in [0.29, 0.717) is 0 Å². The van der Waals surface area contributed by atoms with E-state index >= 15 is 0 Å². The predicted molar refractivity (Wildman–Crippen MR) is 107 cm³/mol. The fourth-order valence-electron chi connectivity index (χ4n) is 2.81. The minimum atomic E-state index is -1.18. The summed E-state index contributed by atoms with van der Waals surface area (Å²) >= 11 is 1.55. The van der Waals surface area contributed by atoms with Crippen LogP contribution in [0.5, 0.6) is 0 Å². The minimum Gasteiger partial charge on any atom is -0.545 e. The van der Waals surface area contributed by atoms with Crippen molar-refractivity contribution in [2.75, 3.05) is 4.90 Å². The van der Waals surface area contributed by atoms with Gasteiger partial charge >= 0.3 is 18.9 Å². The molecule has 1 heterocycles. The van der Waals surface area contributed by atoms with E-state index in [4.69, 9.17) is 0 Å². The van der Waals surface area contributed by atoms with Crippen LogP contribution >= 0.6 is 11.3 Å². The first-order valence-corrected chi connectivity index (χ1v) is 9.22. The third-order valence-corrected chi connectivity index (χ3v) is 5.14. The third kappa shape index (κ3) is 4.18. The van der Waals surface area contributed by atoms with E-state index in [1.807, 2.05) is 42.6 Å². The number of benzene rings is 3. The summed E-state index contributed by atoms with van der Waals surface area (Å²) in [6, 6.07) is 26.8. The molecule has 1 aromatic heterocycles. The second-order valence-corrected chi connectivity index (χ2v) is 6.88. The van der Waals surface area contributed by atoms with Crippen molar-refractivity contribution in [1.82, 2.24) is 4.98 Å². The van der Waals surface area contributed by atoms with Crippen molar-refractivity contribution in [3.05, 3.63) is 96.7 Å². The van der Waals surface area contributed by atoms with Crippen molar-refractivity contribution < 1.29 is 28.8 Å². The number of aromatic nitrogens is 1. The number of hydrogen-bond acceptors (Lipinski definition) is 5. The first kappa shape index (κ1) is 19.9. The first-order valence-electron chi connectivity index (χ1n) is 8.40. The predicted octanol–water partition coefficient (Wildman–Crippen LogP) is 1.65. The Bertz CT molecular complexity index is 1010. The van der Waals surface area contributed by atoms with Gasteiger partial charge in [-0.3, -0.25) is 0 Å². The molecule has 0 unspecified atom stereocenters. The number of carbonyl (C=O) groups is 1. The maximum atomic E-state index is 10.9. The number of carboxylic acid groups (broad SMARTS) is 1. The number of aromatic carboxylic acids is 1. The standard InChI is InChI=1S/C22H16N2O2S.Li/c25-22(26)17-13-11-16(12-14-17)21-23-15-20(27-21)24(18-7-3-1-4-8-18)19-9-5-2-6-10-19;/h1-15H,(H,25,26);/q;+1/p-1. The molecule has 4 nitrogen and oxygen atoms in total. The average molecular weight is 378 g/mol. The van der Waals surface area contributed by atoms with E-state index in [1.54, 1.807) is 23.5 Å². The van der Waals surface area contributed by atoms with Crippen LogP contribution in [0.2, 0.25) is 0 Å². The molecule has 0 fully saturated rings. The van der Waals surface area contributed by atoms with E-state index in [9.17, 15) is 9.90 Å². The molecule has 0 saturated carbocycles. The Balaban J connectivity index is 0.00000225. The number of carboxylic acids is 1. The van der Waals surface area contributed by atoms with Gasteiger partial charge in [0.15, 0.2) is 0 Å². The van der Waals surface area contributed by atoms with Crippen molar-refractivity contribution in [2.45, 2.75) is 0 Å². The molecule has 0 atom stereocenters. The summed E-state index contributed by atoms with van der Waals surface area (Å²) in [6.07, 6.45) is 1.84. The van der Waals surface area contributed by atoms with E-state index in [2.05, 4.69) is 34.1 Å². The van der Waals surface area contributed by atoms with E-state index in [0.717, 1.165) is 26.9 Å². The summed E-state index contributed by atoms with van der Waals surface area (Å²) in [7, 11) is 0. The molecule has 132 valence electrons. The Morgan fingerprint density at radius 3 is 1.86 bits per heavy atom. The summed E-state index contributed by atoms with van der Waals surface area (Å²) < 4.78 is 0. The maximum Gasteiger partial charge on any atom is 1.00 e. The molecule has 0 bridgehead atoms. The van der Waals surface area contributed by atoms with Gasteiger partial charge in [-0.1, -0.05) is 72.0 Å². The number of carbonyl (C=O) groups excluding carboxylic acids is 1. The van der Waals surface area contributed by atoms with E-state index in [1.165, 1.54) is 12.1 Å². The van der Waals surface area contributed by atoms with Crippen LogP contribution in [0.15, 0.2) is 91.1 Å². The van der Waals surface area contributed by atoms with Crippen molar-refractivity contribution in [3.8, 4) is 10.6 Å². The van der Waals surface area contributed by atoms with Crippen molar-refractivity contribution in [1.29, 1.82) is 0 Å². The van der Waals surface area contributed by atoms with Crippen LogP contribution in [0.1, 0.15) is 10.4 Å². The van der Waals surface area contributed by atoms with Gasteiger partial charge in [0.25, 0.3) is 0 Å². The van der Waals surface area contributed by atoms with Crippen LogP contribution in [0.25, 0.3) is 10.6 Å². The molecule has 4 aromatic rings. The fraction of sp³-hybridized carbons (Fsp3) is 0. The fourth-order valence-corrected chi connectivity index (χ4v) is 3.77. The molecule has 0 aliphatic heterocycles. The number of rotatable bonds is 5. The normalized spacial score (nSPS) is 10.1. The molecule has 0 radical (unpaired) electrons. The molecule has 28 heavy (non-hydrogen) atoms. The van der Waals surface area contributed by atoms with Crippen molar-refractivity contribution in [2.24, 2.45) is 0 Å². The van der Waals surface area contributed by atoms with Gasteiger partial charge in [0.2, 0.25) is 0 Å². The van der Waals surface area contributed by atoms with Crippen LogP contribution in [0, 0.1) is 0 Å². The monoisotopic (exact) mass is 378 g/mol. The first-order chi connectivity index (χ1) is 13.2. The van der Waals surface area contributed by atoms with Gasteiger partial charge in [0, 0.05) is 16.9 Å². The molecular formula is C22H15LiN2O2S. The molecule has 6 heteroatoms. The van der Waals surface area contributed by atoms with Gasteiger partial charge in [-0.25, -0.2) is 4.98 Å². The SMILES string of the molecule is O=C([O-])c1ccc(-c2ncc(N(c3ccccc3)c3ccccc3)s2)cc1.[Li+]. The Morgan fingerprint density at radius 1 is 0.821 bits per heavy atom. The average Bonchev–Trinajstić information content (AvgIpc) is 3.19. The zero-order valence-electron chi connectivity index (χ0n) is 15.3. The quantitative estimate of drug-likeness (QED) is 0.496. The van der Waals surface area contributed by atoms with Crippen LogP contribution in [-0.2, 0) is 0 Å². The zero-order chi connectivity index (χ0) is 18.6. The second kappa shape index (κ2) is 8.90. The Hall–Kier alpha value is -2.84. The third-order valence-electron chi connectivity index (χ3n) is 4.11. The largest absolute Gasteiger partial charge is 1.00 e. The molecule has 0 spiro atoms. The minimum absolute atomic E-state index is 0. The van der Waals surface area contributed by atoms with Crippen molar-refractivity contribution >= 4 is 33.7 Å². The van der Waals surface area contributed by atoms with Gasteiger partial charge < -0.3 is 14.8 Å².